The highest BCUT2D eigenvalue weighted by atomic mass is 32.1. The minimum Gasteiger partial charge on any atom is -0.494 e. The SMILES string of the molecule is CCN(CC)CCCOc1ccc2oc3ccccc3c(=S)c2c1. The molecular formula is C20H23NO2S. The molecule has 0 aliphatic carbocycles. The van der Waals surface area contributed by atoms with E-state index < -0.39 is 0 Å². The van der Waals surface area contributed by atoms with Crippen LogP contribution in [0, 0.1) is 4.51 Å². The highest BCUT2D eigenvalue weighted by Crippen LogP contribution is 2.28. The van der Waals surface area contributed by atoms with Gasteiger partial charge in [-0.3, -0.25) is 0 Å². The van der Waals surface area contributed by atoms with Crippen LogP contribution in [0.1, 0.15) is 20.3 Å². The van der Waals surface area contributed by atoms with Crippen molar-refractivity contribution in [2.45, 2.75) is 20.3 Å². The molecule has 0 N–H and O–H groups in total. The van der Waals surface area contributed by atoms with Crippen molar-refractivity contribution < 1.29 is 9.15 Å². The van der Waals surface area contributed by atoms with Gasteiger partial charge < -0.3 is 14.1 Å². The summed E-state index contributed by atoms with van der Waals surface area (Å²) >= 11 is 5.63. The Kier molecular flexibility index (Phi) is 5.48. The maximum atomic E-state index is 5.94. The normalized spacial score (nSPS) is 11.5. The van der Waals surface area contributed by atoms with Crippen molar-refractivity contribution in [2.75, 3.05) is 26.2 Å². The number of ether oxygens (including phenoxy) is 1. The van der Waals surface area contributed by atoms with Gasteiger partial charge in [0.1, 0.15) is 16.9 Å². The van der Waals surface area contributed by atoms with Crippen molar-refractivity contribution in [1.82, 2.24) is 4.90 Å². The second-order valence-electron chi connectivity index (χ2n) is 5.81. The van der Waals surface area contributed by atoms with Crippen LogP contribution < -0.4 is 4.74 Å². The zero-order chi connectivity index (χ0) is 16.9. The number of hydrogen-bond donors (Lipinski definition) is 0. The molecule has 0 saturated carbocycles. The molecule has 0 aliphatic rings. The summed E-state index contributed by atoms with van der Waals surface area (Å²) in [5.41, 5.74) is 1.62. The van der Waals surface area contributed by atoms with Crippen LogP contribution in [-0.4, -0.2) is 31.1 Å². The fourth-order valence-electron chi connectivity index (χ4n) is 2.89. The maximum absolute atomic E-state index is 5.94. The molecule has 0 radical (unpaired) electrons. The third-order valence-electron chi connectivity index (χ3n) is 4.33. The summed E-state index contributed by atoms with van der Waals surface area (Å²) in [6.45, 7) is 8.31. The monoisotopic (exact) mass is 341 g/mol. The molecule has 0 amide bonds. The molecule has 4 heteroatoms. The molecule has 0 saturated heterocycles. The Morgan fingerprint density at radius 1 is 1.00 bits per heavy atom. The topological polar surface area (TPSA) is 25.6 Å². The lowest BCUT2D eigenvalue weighted by Gasteiger charge is -2.17. The molecule has 24 heavy (non-hydrogen) atoms. The Balaban J connectivity index is 1.77. The number of fused-ring (bicyclic) bond motifs is 2. The minimum atomic E-state index is 0.708. The highest BCUT2D eigenvalue weighted by molar-refractivity contribution is 7.72. The maximum Gasteiger partial charge on any atom is 0.136 e. The Bertz CT molecular complexity index is 884. The van der Waals surface area contributed by atoms with E-state index in [1.807, 2.05) is 42.5 Å². The Morgan fingerprint density at radius 3 is 2.54 bits per heavy atom. The van der Waals surface area contributed by atoms with Gasteiger partial charge in [0, 0.05) is 17.3 Å². The van der Waals surface area contributed by atoms with Crippen LogP contribution >= 0.6 is 12.2 Å². The van der Waals surface area contributed by atoms with E-state index in [9.17, 15) is 0 Å². The van der Waals surface area contributed by atoms with Crippen molar-refractivity contribution in [2.24, 2.45) is 0 Å². The molecule has 2 aromatic carbocycles. The first-order valence-corrected chi connectivity index (χ1v) is 8.94. The lowest BCUT2D eigenvalue weighted by atomic mass is 10.1. The summed E-state index contributed by atoms with van der Waals surface area (Å²) in [5.74, 6) is 0.846. The fraction of sp³-hybridized carbons (Fsp3) is 0.350. The number of rotatable bonds is 7. The van der Waals surface area contributed by atoms with E-state index in [1.165, 1.54) is 0 Å². The fourth-order valence-corrected chi connectivity index (χ4v) is 3.22. The third-order valence-corrected chi connectivity index (χ3v) is 4.77. The summed E-state index contributed by atoms with van der Waals surface area (Å²) in [4.78, 5) is 2.40. The molecule has 1 aromatic heterocycles. The van der Waals surface area contributed by atoms with Crippen LogP contribution in [0.15, 0.2) is 46.9 Å². The summed E-state index contributed by atoms with van der Waals surface area (Å²) in [7, 11) is 0. The van der Waals surface area contributed by atoms with E-state index >= 15 is 0 Å². The average Bonchev–Trinajstić information content (AvgIpc) is 2.62. The number of hydrogen-bond acceptors (Lipinski definition) is 4. The van der Waals surface area contributed by atoms with Crippen LogP contribution in [-0.2, 0) is 0 Å². The molecular weight excluding hydrogens is 318 g/mol. The number of benzene rings is 2. The Hall–Kier alpha value is -1.91. The van der Waals surface area contributed by atoms with E-state index in [2.05, 4.69) is 18.7 Å². The molecule has 0 fully saturated rings. The summed E-state index contributed by atoms with van der Waals surface area (Å²) in [6, 6.07) is 13.8. The van der Waals surface area contributed by atoms with Crippen molar-refractivity contribution in [1.29, 1.82) is 0 Å². The molecule has 0 spiro atoms. The molecule has 126 valence electrons. The van der Waals surface area contributed by atoms with Crippen LogP contribution in [0.4, 0.5) is 0 Å². The van der Waals surface area contributed by atoms with E-state index in [1.54, 1.807) is 0 Å². The van der Waals surface area contributed by atoms with Crippen molar-refractivity contribution in [3.05, 3.63) is 47.0 Å². The predicted octanol–water partition coefficient (Wildman–Crippen LogP) is 5.43. The molecule has 0 aliphatic heterocycles. The van der Waals surface area contributed by atoms with Crippen LogP contribution in [0.25, 0.3) is 21.9 Å². The van der Waals surface area contributed by atoms with Crippen molar-refractivity contribution >= 4 is 34.2 Å². The van der Waals surface area contributed by atoms with Gasteiger partial charge in [0.05, 0.1) is 11.1 Å². The average molecular weight is 341 g/mol. The second-order valence-corrected chi connectivity index (χ2v) is 6.22. The lowest BCUT2D eigenvalue weighted by Crippen LogP contribution is -2.25. The molecule has 3 rings (SSSR count). The van der Waals surface area contributed by atoms with Gasteiger partial charge in [0.25, 0.3) is 0 Å². The van der Waals surface area contributed by atoms with Crippen LogP contribution in [0.3, 0.4) is 0 Å². The molecule has 0 bridgehead atoms. The van der Waals surface area contributed by atoms with E-state index in [0.29, 0.717) is 6.61 Å². The second kappa shape index (κ2) is 7.77. The summed E-state index contributed by atoms with van der Waals surface area (Å²) < 4.78 is 12.7. The van der Waals surface area contributed by atoms with Crippen molar-refractivity contribution in [3.63, 3.8) is 0 Å². The van der Waals surface area contributed by atoms with Crippen LogP contribution in [0.2, 0.25) is 0 Å². The Labute approximate surface area is 147 Å². The molecule has 0 unspecified atom stereocenters. The highest BCUT2D eigenvalue weighted by Gasteiger charge is 2.06. The molecule has 0 atom stereocenters. The van der Waals surface area contributed by atoms with Gasteiger partial charge in [0.2, 0.25) is 0 Å². The van der Waals surface area contributed by atoms with Crippen LogP contribution in [0.5, 0.6) is 5.75 Å². The first-order chi connectivity index (χ1) is 11.7. The van der Waals surface area contributed by atoms with Gasteiger partial charge in [-0.25, -0.2) is 0 Å². The van der Waals surface area contributed by atoms with Gasteiger partial charge in [-0.05, 0) is 49.8 Å². The minimum absolute atomic E-state index is 0.708. The molecule has 1 heterocycles. The zero-order valence-electron chi connectivity index (χ0n) is 14.2. The predicted molar refractivity (Wildman–Crippen MR) is 102 cm³/mol. The molecule has 3 nitrogen and oxygen atoms in total. The lowest BCUT2D eigenvalue weighted by molar-refractivity contribution is 0.249. The van der Waals surface area contributed by atoms with E-state index in [4.69, 9.17) is 21.4 Å². The van der Waals surface area contributed by atoms with E-state index in [-0.39, 0.29) is 0 Å². The summed E-state index contributed by atoms with van der Waals surface area (Å²) in [6.07, 6.45) is 1.02. The zero-order valence-corrected chi connectivity index (χ0v) is 15.1. The van der Waals surface area contributed by atoms with E-state index in [0.717, 1.165) is 58.3 Å². The van der Waals surface area contributed by atoms with Gasteiger partial charge in [0.15, 0.2) is 0 Å². The third kappa shape index (κ3) is 3.60. The van der Waals surface area contributed by atoms with Gasteiger partial charge in [-0.2, -0.15) is 0 Å². The number of nitrogens with zero attached hydrogens (tertiary/aromatic N) is 1. The first kappa shape index (κ1) is 16.9. The van der Waals surface area contributed by atoms with Crippen molar-refractivity contribution in [3.8, 4) is 5.75 Å². The standard InChI is InChI=1S/C20H23NO2S/c1-3-21(4-2)12-7-13-22-15-10-11-19-17(14-15)20(24)16-8-5-6-9-18(16)23-19/h5-6,8-11,14H,3-4,7,12-13H2,1-2H3. The first-order valence-electron chi connectivity index (χ1n) is 8.53. The largest absolute Gasteiger partial charge is 0.494 e. The van der Waals surface area contributed by atoms with Gasteiger partial charge in [-0.15, -0.1) is 0 Å². The van der Waals surface area contributed by atoms with Gasteiger partial charge in [-0.1, -0.05) is 38.2 Å². The summed E-state index contributed by atoms with van der Waals surface area (Å²) in [5, 5.41) is 1.91. The smallest absolute Gasteiger partial charge is 0.136 e. The Morgan fingerprint density at radius 2 is 1.75 bits per heavy atom. The quantitative estimate of drug-likeness (QED) is 0.325. The molecule has 3 aromatic rings. The van der Waals surface area contributed by atoms with Gasteiger partial charge >= 0.3 is 0 Å². The number of para-hydroxylation sites is 1.